The Labute approximate surface area is 172 Å². The number of para-hydroxylation sites is 1. The molecule has 1 N–H and O–H groups in total. The van der Waals surface area contributed by atoms with Crippen LogP contribution in [0.4, 0.5) is 0 Å². The zero-order chi connectivity index (χ0) is 21.1. The van der Waals surface area contributed by atoms with E-state index in [-0.39, 0.29) is 11.1 Å². The maximum atomic E-state index is 12.6. The molecule has 4 aromatic rings. The van der Waals surface area contributed by atoms with Gasteiger partial charge in [-0.2, -0.15) is 0 Å². The van der Waals surface area contributed by atoms with E-state index in [4.69, 9.17) is 4.74 Å². The van der Waals surface area contributed by atoms with E-state index in [1.165, 1.54) is 0 Å². The van der Waals surface area contributed by atoms with E-state index in [2.05, 4.69) is 15.0 Å². The van der Waals surface area contributed by atoms with E-state index >= 15 is 0 Å². The lowest BCUT2D eigenvalue weighted by molar-refractivity contribution is 0.137. The van der Waals surface area contributed by atoms with Crippen molar-refractivity contribution < 1.29 is 4.74 Å². The van der Waals surface area contributed by atoms with Crippen molar-refractivity contribution in [3.05, 3.63) is 86.5 Å². The van der Waals surface area contributed by atoms with E-state index in [9.17, 15) is 9.59 Å². The number of nitrogens with zero attached hydrogens (tertiary/aromatic N) is 4. The topological polar surface area (TPSA) is 92.6 Å². The summed E-state index contributed by atoms with van der Waals surface area (Å²) in [4.78, 5) is 39.1. The maximum absolute atomic E-state index is 12.6. The van der Waals surface area contributed by atoms with Crippen molar-refractivity contribution in [1.29, 1.82) is 0 Å². The summed E-state index contributed by atoms with van der Waals surface area (Å²) in [6.45, 7) is 3.81. The van der Waals surface area contributed by atoms with Crippen molar-refractivity contribution in [2.45, 2.75) is 20.0 Å². The minimum Gasteiger partial charge on any atom is -0.383 e. The number of H-pyrrole nitrogens is 1. The fourth-order valence-corrected chi connectivity index (χ4v) is 3.53. The van der Waals surface area contributed by atoms with Crippen LogP contribution in [0.3, 0.4) is 0 Å². The number of fused-ring (bicyclic) bond motifs is 2. The van der Waals surface area contributed by atoms with Gasteiger partial charge in [-0.3, -0.25) is 18.9 Å². The molecule has 3 aromatic heterocycles. The van der Waals surface area contributed by atoms with Crippen LogP contribution in [0.5, 0.6) is 0 Å². The number of nitrogens with one attached hydrogen (secondary N) is 1. The molecule has 0 amide bonds. The minimum absolute atomic E-state index is 0.114. The molecule has 0 radical (unpaired) electrons. The molecule has 0 atom stereocenters. The number of aryl methyl sites for hydroxylation is 1. The first-order valence-corrected chi connectivity index (χ1v) is 9.72. The first kappa shape index (κ1) is 19.9. The van der Waals surface area contributed by atoms with Gasteiger partial charge in [-0.1, -0.05) is 18.2 Å². The van der Waals surface area contributed by atoms with Crippen LogP contribution in [0.15, 0.2) is 58.1 Å². The Bertz CT molecular complexity index is 1310. The van der Waals surface area contributed by atoms with Crippen molar-refractivity contribution in [2.75, 3.05) is 20.3 Å². The van der Waals surface area contributed by atoms with Gasteiger partial charge in [0, 0.05) is 32.0 Å². The Morgan fingerprint density at radius 3 is 2.73 bits per heavy atom. The molecule has 0 spiro atoms. The normalized spacial score (nSPS) is 11.6. The van der Waals surface area contributed by atoms with Crippen LogP contribution in [0, 0.1) is 6.92 Å². The summed E-state index contributed by atoms with van der Waals surface area (Å²) < 4.78 is 6.82. The molecule has 0 unspecified atom stereocenters. The Kier molecular flexibility index (Phi) is 5.69. The highest BCUT2D eigenvalue weighted by molar-refractivity contribution is 5.77. The molecular formula is C22H23N5O3. The fourth-order valence-electron chi connectivity index (χ4n) is 3.53. The molecule has 8 heteroatoms. The van der Waals surface area contributed by atoms with E-state index in [0.29, 0.717) is 54.3 Å². The molecule has 0 aliphatic rings. The number of benzene rings is 1. The van der Waals surface area contributed by atoms with Crippen molar-refractivity contribution >= 4 is 16.6 Å². The summed E-state index contributed by atoms with van der Waals surface area (Å²) in [6.07, 6.45) is 0. The highest BCUT2D eigenvalue weighted by atomic mass is 16.5. The molecular weight excluding hydrogens is 382 g/mol. The number of aromatic nitrogens is 4. The number of hydrogen-bond acceptors (Lipinski definition) is 6. The van der Waals surface area contributed by atoms with E-state index in [1.807, 2.05) is 48.2 Å². The number of ether oxygens (including phenoxy) is 1. The number of aromatic amines is 1. The van der Waals surface area contributed by atoms with E-state index in [0.717, 1.165) is 5.69 Å². The maximum Gasteiger partial charge on any atom is 0.258 e. The summed E-state index contributed by atoms with van der Waals surface area (Å²) in [7, 11) is 1.64. The molecule has 0 fully saturated rings. The Balaban J connectivity index is 1.64. The molecule has 0 saturated heterocycles. The van der Waals surface area contributed by atoms with Crippen LogP contribution in [-0.4, -0.2) is 44.5 Å². The molecule has 0 bridgehead atoms. The molecule has 4 rings (SSSR count). The summed E-state index contributed by atoms with van der Waals surface area (Å²) in [6, 6.07) is 14.4. The summed E-state index contributed by atoms with van der Waals surface area (Å²) >= 11 is 0. The van der Waals surface area contributed by atoms with Crippen LogP contribution in [-0.2, 0) is 17.8 Å². The summed E-state index contributed by atoms with van der Waals surface area (Å²) in [5.74, 6) is 0.558. The fraction of sp³-hybridized carbons (Fsp3) is 0.273. The number of rotatable bonds is 7. The van der Waals surface area contributed by atoms with Gasteiger partial charge in [0.1, 0.15) is 11.5 Å². The minimum atomic E-state index is -0.167. The van der Waals surface area contributed by atoms with Gasteiger partial charge < -0.3 is 9.72 Å². The van der Waals surface area contributed by atoms with Gasteiger partial charge in [0.25, 0.3) is 11.1 Å². The second-order valence-corrected chi connectivity index (χ2v) is 7.18. The van der Waals surface area contributed by atoms with Gasteiger partial charge in [0.05, 0.1) is 29.7 Å². The first-order chi connectivity index (χ1) is 14.5. The average Bonchev–Trinajstić information content (AvgIpc) is 2.72. The molecule has 0 aliphatic heterocycles. The Hall–Kier alpha value is -3.36. The molecule has 30 heavy (non-hydrogen) atoms. The highest BCUT2D eigenvalue weighted by Gasteiger charge is 2.13. The van der Waals surface area contributed by atoms with Gasteiger partial charge in [0.15, 0.2) is 0 Å². The zero-order valence-corrected chi connectivity index (χ0v) is 17.0. The first-order valence-electron chi connectivity index (χ1n) is 9.72. The van der Waals surface area contributed by atoms with E-state index < -0.39 is 0 Å². The molecule has 154 valence electrons. The standard InChI is InChI=1S/C22H23N5O3/c1-15-6-5-9-20-23-16(12-21(28)27(15)20)13-26(10-11-30-2)14-19-24-18-8-4-3-7-17(18)22(29)25-19/h3-9,12H,10-11,13-14H2,1-2H3,(H,24,25,29). The monoisotopic (exact) mass is 405 g/mol. The van der Waals surface area contributed by atoms with Crippen molar-refractivity contribution in [3.63, 3.8) is 0 Å². The molecule has 1 aromatic carbocycles. The predicted molar refractivity (Wildman–Crippen MR) is 115 cm³/mol. The van der Waals surface area contributed by atoms with Gasteiger partial charge in [0.2, 0.25) is 0 Å². The van der Waals surface area contributed by atoms with Gasteiger partial charge in [-0.15, -0.1) is 0 Å². The number of methoxy groups -OCH3 is 1. The largest absolute Gasteiger partial charge is 0.383 e. The molecule has 0 aliphatic carbocycles. The smallest absolute Gasteiger partial charge is 0.258 e. The van der Waals surface area contributed by atoms with Gasteiger partial charge >= 0.3 is 0 Å². The number of pyridine rings is 1. The summed E-state index contributed by atoms with van der Waals surface area (Å²) in [5, 5.41) is 0.560. The second kappa shape index (κ2) is 8.56. The van der Waals surface area contributed by atoms with Crippen LogP contribution in [0.2, 0.25) is 0 Å². The average molecular weight is 405 g/mol. The quantitative estimate of drug-likeness (QED) is 0.505. The molecule has 0 saturated carbocycles. The molecule has 8 nitrogen and oxygen atoms in total. The van der Waals surface area contributed by atoms with Crippen LogP contribution >= 0.6 is 0 Å². The van der Waals surface area contributed by atoms with Crippen LogP contribution in [0.1, 0.15) is 17.2 Å². The van der Waals surface area contributed by atoms with Gasteiger partial charge in [-0.25, -0.2) is 9.97 Å². The SMILES string of the molecule is COCCN(Cc1cc(=O)n2c(C)cccc2n1)Cc1nc2ccccc2c(=O)[nH]1. The third kappa shape index (κ3) is 4.14. The Morgan fingerprint density at radius 1 is 1.07 bits per heavy atom. The highest BCUT2D eigenvalue weighted by Crippen LogP contribution is 2.10. The lowest BCUT2D eigenvalue weighted by Gasteiger charge is -2.21. The molecule has 3 heterocycles. The van der Waals surface area contributed by atoms with Crippen molar-refractivity contribution in [2.24, 2.45) is 0 Å². The lowest BCUT2D eigenvalue weighted by Crippen LogP contribution is -2.30. The third-order valence-electron chi connectivity index (χ3n) is 4.97. The van der Waals surface area contributed by atoms with Gasteiger partial charge in [-0.05, 0) is 31.2 Å². The predicted octanol–water partition coefficient (Wildman–Crippen LogP) is 1.89. The second-order valence-electron chi connectivity index (χ2n) is 7.18. The van der Waals surface area contributed by atoms with E-state index in [1.54, 1.807) is 23.6 Å². The van der Waals surface area contributed by atoms with Crippen LogP contribution in [0.25, 0.3) is 16.6 Å². The Morgan fingerprint density at radius 2 is 1.90 bits per heavy atom. The van der Waals surface area contributed by atoms with Crippen molar-refractivity contribution in [3.8, 4) is 0 Å². The number of hydrogen-bond donors (Lipinski definition) is 1. The third-order valence-corrected chi connectivity index (χ3v) is 4.97. The zero-order valence-electron chi connectivity index (χ0n) is 17.0. The lowest BCUT2D eigenvalue weighted by atomic mass is 10.2. The van der Waals surface area contributed by atoms with Crippen LogP contribution < -0.4 is 11.1 Å². The summed E-state index contributed by atoms with van der Waals surface area (Å²) in [5.41, 5.74) is 2.48. The van der Waals surface area contributed by atoms with Crippen molar-refractivity contribution in [1.82, 2.24) is 24.3 Å².